The van der Waals surface area contributed by atoms with Crippen LogP contribution >= 0.6 is 11.6 Å². The van der Waals surface area contributed by atoms with Gasteiger partial charge < -0.3 is 4.90 Å². The molecule has 0 radical (unpaired) electrons. The van der Waals surface area contributed by atoms with E-state index < -0.39 is 9.84 Å². The number of nitriles is 1. The molecule has 0 bridgehead atoms. The third-order valence-electron chi connectivity index (χ3n) is 2.76. The first-order chi connectivity index (χ1) is 8.02. The van der Waals surface area contributed by atoms with Gasteiger partial charge in [0.15, 0.2) is 9.84 Å². The molecule has 1 aromatic rings. The van der Waals surface area contributed by atoms with Crippen molar-refractivity contribution in [2.75, 3.05) is 29.5 Å². The Bertz CT molecular complexity index is 564. The van der Waals surface area contributed by atoms with Crippen LogP contribution in [0.3, 0.4) is 0 Å². The first-order valence-corrected chi connectivity index (χ1v) is 7.37. The minimum Gasteiger partial charge on any atom is -0.368 e. The normalized spacial score (nSPS) is 18.7. The van der Waals surface area contributed by atoms with Crippen LogP contribution in [-0.4, -0.2) is 33.0 Å². The van der Waals surface area contributed by atoms with Gasteiger partial charge in [-0.1, -0.05) is 11.6 Å². The molecule has 90 valence electrons. The first kappa shape index (κ1) is 12.2. The maximum absolute atomic E-state index is 11.3. The van der Waals surface area contributed by atoms with Crippen molar-refractivity contribution in [3.63, 3.8) is 0 Å². The second kappa shape index (κ2) is 4.55. The smallest absolute Gasteiger partial charge is 0.153 e. The molecule has 2 rings (SSSR count). The van der Waals surface area contributed by atoms with Crippen LogP contribution in [0.15, 0.2) is 18.2 Å². The van der Waals surface area contributed by atoms with Crippen LogP contribution in [0.5, 0.6) is 0 Å². The number of benzene rings is 1. The van der Waals surface area contributed by atoms with E-state index in [4.69, 9.17) is 16.9 Å². The number of anilines is 1. The Morgan fingerprint density at radius 1 is 1.29 bits per heavy atom. The Kier molecular flexibility index (Phi) is 3.27. The van der Waals surface area contributed by atoms with Gasteiger partial charge in [-0.05, 0) is 18.2 Å². The summed E-state index contributed by atoms with van der Waals surface area (Å²) >= 11 is 6.06. The number of hydrogen-bond donors (Lipinski definition) is 0. The summed E-state index contributed by atoms with van der Waals surface area (Å²) < 4.78 is 22.6. The maximum Gasteiger partial charge on any atom is 0.153 e. The minimum atomic E-state index is -2.90. The van der Waals surface area contributed by atoms with E-state index in [2.05, 4.69) is 0 Å². The fourth-order valence-corrected chi connectivity index (χ4v) is 3.22. The Hall–Kier alpha value is -1.25. The summed E-state index contributed by atoms with van der Waals surface area (Å²) in [6.45, 7) is 0.855. The van der Waals surface area contributed by atoms with Gasteiger partial charge in [0.1, 0.15) is 0 Å². The Morgan fingerprint density at radius 3 is 2.53 bits per heavy atom. The van der Waals surface area contributed by atoms with Crippen molar-refractivity contribution in [3.8, 4) is 6.07 Å². The second-order valence-corrected chi connectivity index (χ2v) is 6.63. The Balaban J connectivity index is 2.27. The number of nitrogens with zero attached hydrogens (tertiary/aromatic N) is 2. The van der Waals surface area contributed by atoms with E-state index in [9.17, 15) is 8.42 Å². The Labute approximate surface area is 105 Å². The fraction of sp³-hybridized carbons (Fsp3) is 0.364. The van der Waals surface area contributed by atoms with Gasteiger partial charge in [0.25, 0.3) is 0 Å². The SMILES string of the molecule is N#Cc1ccc(Cl)c(N2CCS(=O)(=O)CC2)c1. The number of hydrogen-bond acceptors (Lipinski definition) is 4. The lowest BCUT2D eigenvalue weighted by Crippen LogP contribution is -2.40. The van der Waals surface area contributed by atoms with E-state index >= 15 is 0 Å². The van der Waals surface area contributed by atoms with Crippen LogP contribution < -0.4 is 4.90 Å². The molecule has 0 atom stereocenters. The lowest BCUT2D eigenvalue weighted by molar-refractivity contribution is 0.587. The highest BCUT2D eigenvalue weighted by Gasteiger charge is 2.23. The summed E-state index contributed by atoms with van der Waals surface area (Å²) in [4.78, 5) is 1.91. The average molecular weight is 271 g/mol. The highest BCUT2D eigenvalue weighted by Crippen LogP contribution is 2.28. The molecule has 1 saturated heterocycles. The zero-order valence-corrected chi connectivity index (χ0v) is 10.6. The predicted octanol–water partition coefficient (Wildman–Crippen LogP) is 1.45. The van der Waals surface area contributed by atoms with Crippen LogP contribution in [0.4, 0.5) is 5.69 Å². The van der Waals surface area contributed by atoms with E-state index in [1.54, 1.807) is 18.2 Å². The van der Waals surface area contributed by atoms with Crippen molar-refractivity contribution in [3.05, 3.63) is 28.8 Å². The van der Waals surface area contributed by atoms with Crippen molar-refractivity contribution in [2.24, 2.45) is 0 Å². The summed E-state index contributed by atoms with van der Waals surface area (Å²) in [5, 5.41) is 9.37. The van der Waals surface area contributed by atoms with E-state index in [-0.39, 0.29) is 11.5 Å². The molecular formula is C11H11ClN2O2S. The number of sulfone groups is 1. The molecule has 0 aromatic heterocycles. The van der Waals surface area contributed by atoms with Crippen molar-refractivity contribution in [1.82, 2.24) is 0 Å². The number of halogens is 1. The molecule has 0 spiro atoms. The molecule has 1 heterocycles. The van der Waals surface area contributed by atoms with Gasteiger partial charge in [0, 0.05) is 13.1 Å². The van der Waals surface area contributed by atoms with Crippen LogP contribution in [0.25, 0.3) is 0 Å². The standard InChI is InChI=1S/C11H11ClN2O2S/c12-10-2-1-9(8-13)7-11(10)14-3-5-17(15,16)6-4-14/h1-2,7H,3-6H2. The monoisotopic (exact) mass is 270 g/mol. The molecule has 0 amide bonds. The molecular weight excluding hydrogens is 260 g/mol. The molecule has 1 aliphatic rings. The lowest BCUT2D eigenvalue weighted by Gasteiger charge is -2.29. The molecule has 0 N–H and O–H groups in total. The van der Waals surface area contributed by atoms with Gasteiger partial charge in [0.05, 0.1) is 33.8 Å². The average Bonchev–Trinajstić information content (AvgIpc) is 2.30. The minimum absolute atomic E-state index is 0.139. The van der Waals surface area contributed by atoms with Crippen LogP contribution in [0.2, 0.25) is 5.02 Å². The quantitative estimate of drug-likeness (QED) is 0.775. The molecule has 1 fully saturated rings. The first-order valence-electron chi connectivity index (χ1n) is 5.17. The molecule has 17 heavy (non-hydrogen) atoms. The Morgan fingerprint density at radius 2 is 1.94 bits per heavy atom. The van der Waals surface area contributed by atoms with Crippen LogP contribution in [-0.2, 0) is 9.84 Å². The topological polar surface area (TPSA) is 61.2 Å². The number of rotatable bonds is 1. The van der Waals surface area contributed by atoms with Gasteiger partial charge in [-0.15, -0.1) is 0 Å². The van der Waals surface area contributed by atoms with Crippen molar-refractivity contribution >= 4 is 27.1 Å². The second-order valence-electron chi connectivity index (χ2n) is 3.92. The van der Waals surface area contributed by atoms with E-state index in [0.29, 0.717) is 23.7 Å². The van der Waals surface area contributed by atoms with Gasteiger partial charge in [-0.25, -0.2) is 8.42 Å². The van der Waals surface area contributed by atoms with Crippen molar-refractivity contribution in [2.45, 2.75) is 0 Å². The van der Waals surface area contributed by atoms with Gasteiger partial charge in [-0.3, -0.25) is 0 Å². The van der Waals surface area contributed by atoms with E-state index in [1.165, 1.54) is 0 Å². The summed E-state index contributed by atoms with van der Waals surface area (Å²) in [6, 6.07) is 7.05. The van der Waals surface area contributed by atoms with Gasteiger partial charge >= 0.3 is 0 Å². The van der Waals surface area contributed by atoms with Crippen LogP contribution in [0, 0.1) is 11.3 Å². The summed E-state index contributed by atoms with van der Waals surface area (Å²) in [5.41, 5.74) is 1.26. The zero-order chi connectivity index (χ0) is 12.5. The van der Waals surface area contributed by atoms with Crippen molar-refractivity contribution < 1.29 is 8.42 Å². The zero-order valence-electron chi connectivity index (χ0n) is 9.06. The molecule has 1 aromatic carbocycles. The maximum atomic E-state index is 11.3. The third-order valence-corrected chi connectivity index (χ3v) is 4.69. The summed E-state index contributed by atoms with van der Waals surface area (Å²) in [6.07, 6.45) is 0. The summed E-state index contributed by atoms with van der Waals surface area (Å²) in [7, 11) is -2.90. The highest BCUT2D eigenvalue weighted by molar-refractivity contribution is 7.91. The van der Waals surface area contributed by atoms with Crippen LogP contribution in [0.1, 0.15) is 5.56 Å². The third kappa shape index (κ3) is 2.71. The van der Waals surface area contributed by atoms with Gasteiger partial charge in [-0.2, -0.15) is 5.26 Å². The molecule has 4 nitrogen and oxygen atoms in total. The molecule has 6 heteroatoms. The van der Waals surface area contributed by atoms with E-state index in [1.807, 2.05) is 11.0 Å². The fourth-order valence-electron chi connectivity index (χ4n) is 1.78. The molecule has 0 saturated carbocycles. The highest BCUT2D eigenvalue weighted by atomic mass is 35.5. The lowest BCUT2D eigenvalue weighted by atomic mass is 10.2. The predicted molar refractivity (Wildman–Crippen MR) is 67.0 cm³/mol. The molecule has 0 aliphatic carbocycles. The van der Waals surface area contributed by atoms with Crippen molar-refractivity contribution in [1.29, 1.82) is 5.26 Å². The summed E-state index contributed by atoms with van der Waals surface area (Å²) in [5.74, 6) is 0.278. The molecule has 0 unspecified atom stereocenters. The van der Waals surface area contributed by atoms with Gasteiger partial charge in [0.2, 0.25) is 0 Å². The molecule has 1 aliphatic heterocycles. The largest absolute Gasteiger partial charge is 0.368 e. The van der Waals surface area contributed by atoms with E-state index in [0.717, 1.165) is 5.69 Å².